The minimum Gasteiger partial charge on any atom is -0.465 e. The van der Waals surface area contributed by atoms with E-state index >= 15 is 0 Å². The van der Waals surface area contributed by atoms with Gasteiger partial charge in [-0.25, -0.2) is 9.97 Å². The van der Waals surface area contributed by atoms with Gasteiger partial charge in [0.15, 0.2) is 0 Å². The minimum absolute atomic E-state index is 0.195. The molecule has 0 bridgehead atoms. The van der Waals surface area contributed by atoms with Crippen LogP contribution in [0.1, 0.15) is 27.7 Å². The van der Waals surface area contributed by atoms with E-state index in [1.54, 1.807) is 6.20 Å². The maximum Gasteiger partial charge on any atom is 0.326 e. The molecule has 6 heteroatoms. The fourth-order valence-electron chi connectivity index (χ4n) is 1.67. The first-order chi connectivity index (χ1) is 8.98. The Bertz CT molecular complexity index is 400. The third-order valence-corrected chi connectivity index (χ3v) is 3.66. The van der Waals surface area contributed by atoms with Crippen molar-refractivity contribution < 1.29 is 9.53 Å². The first-order valence-electron chi connectivity index (χ1n) is 6.31. The monoisotopic (exact) mass is 283 g/mol. The predicted octanol–water partition coefficient (Wildman–Crippen LogP) is 1.89. The molecule has 1 aromatic rings. The van der Waals surface area contributed by atoms with Crippen molar-refractivity contribution >= 4 is 17.7 Å². The SMILES string of the molecule is CCOC(=O)C(C)(CSc1ccncn1)NC(C)C. The molecule has 0 aliphatic heterocycles. The third kappa shape index (κ3) is 5.16. The summed E-state index contributed by atoms with van der Waals surface area (Å²) in [5, 5.41) is 4.12. The Morgan fingerprint density at radius 1 is 1.58 bits per heavy atom. The number of carbonyl (C=O) groups is 1. The number of esters is 1. The Labute approximate surface area is 118 Å². The van der Waals surface area contributed by atoms with Gasteiger partial charge in [-0.1, -0.05) is 0 Å². The van der Waals surface area contributed by atoms with E-state index in [4.69, 9.17) is 4.74 Å². The fourth-order valence-corrected chi connectivity index (χ4v) is 2.59. The van der Waals surface area contributed by atoms with E-state index < -0.39 is 5.54 Å². The Morgan fingerprint density at radius 3 is 2.84 bits per heavy atom. The van der Waals surface area contributed by atoms with Crippen molar-refractivity contribution in [2.24, 2.45) is 0 Å². The third-order valence-electron chi connectivity index (χ3n) is 2.40. The summed E-state index contributed by atoms with van der Waals surface area (Å²) < 4.78 is 5.15. The van der Waals surface area contributed by atoms with E-state index in [1.165, 1.54) is 18.1 Å². The van der Waals surface area contributed by atoms with Crippen LogP contribution >= 0.6 is 11.8 Å². The van der Waals surface area contributed by atoms with Crippen LogP contribution in [0.15, 0.2) is 23.6 Å². The standard InChI is InChI=1S/C13H21N3O2S/c1-5-18-12(17)13(4,16-10(2)3)8-19-11-6-7-14-9-15-11/h6-7,9-10,16H,5,8H2,1-4H3. The van der Waals surface area contributed by atoms with Crippen molar-refractivity contribution in [2.75, 3.05) is 12.4 Å². The molecule has 0 spiro atoms. The zero-order valence-electron chi connectivity index (χ0n) is 11.8. The lowest BCUT2D eigenvalue weighted by molar-refractivity contribution is -0.149. The first kappa shape index (κ1) is 15.9. The van der Waals surface area contributed by atoms with Gasteiger partial charge in [0.05, 0.1) is 11.6 Å². The summed E-state index contributed by atoms with van der Waals surface area (Å²) in [6.45, 7) is 8.07. The molecule has 0 amide bonds. The van der Waals surface area contributed by atoms with Crippen LogP contribution in [0.25, 0.3) is 0 Å². The maximum absolute atomic E-state index is 12.1. The Hall–Kier alpha value is -1.14. The number of ether oxygens (including phenoxy) is 1. The Balaban J connectivity index is 2.71. The van der Waals surface area contributed by atoms with Gasteiger partial charge in [0.25, 0.3) is 0 Å². The van der Waals surface area contributed by atoms with Gasteiger partial charge in [-0.2, -0.15) is 0 Å². The lowest BCUT2D eigenvalue weighted by atomic mass is 10.0. The molecule has 1 unspecified atom stereocenters. The molecule has 0 saturated carbocycles. The van der Waals surface area contributed by atoms with Crippen LogP contribution in [-0.2, 0) is 9.53 Å². The maximum atomic E-state index is 12.1. The molecule has 0 saturated heterocycles. The van der Waals surface area contributed by atoms with Gasteiger partial charge in [0, 0.05) is 18.0 Å². The predicted molar refractivity (Wildman–Crippen MR) is 76.1 cm³/mol. The molecule has 5 nitrogen and oxygen atoms in total. The topological polar surface area (TPSA) is 64.1 Å². The highest BCUT2D eigenvalue weighted by Gasteiger charge is 2.35. The zero-order chi connectivity index (χ0) is 14.3. The molecular formula is C13H21N3O2S. The van der Waals surface area contributed by atoms with Gasteiger partial charge in [0.2, 0.25) is 0 Å². The first-order valence-corrected chi connectivity index (χ1v) is 7.30. The summed E-state index contributed by atoms with van der Waals surface area (Å²) in [5.41, 5.74) is -0.722. The normalized spacial score (nSPS) is 14.2. The number of thioether (sulfide) groups is 1. The van der Waals surface area contributed by atoms with Crippen LogP contribution in [0.3, 0.4) is 0 Å². The molecule has 0 aromatic carbocycles. The lowest BCUT2D eigenvalue weighted by Gasteiger charge is -2.30. The Morgan fingerprint density at radius 2 is 2.32 bits per heavy atom. The zero-order valence-corrected chi connectivity index (χ0v) is 12.7. The molecule has 1 aromatic heterocycles. The Kier molecular flexibility index (Phi) is 6.24. The molecule has 0 fully saturated rings. The van der Waals surface area contributed by atoms with Gasteiger partial charge >= 0.3 is 5.97 Å². The second-order valence-corrected chi connectivity index (χ2v) is 5.68. The average Bonchev–Trinajstić information content (AvgIpc) is 2.37. The van der Waals surface area contributed by atoms with Crippen molar-refractivity contribution in [3.05, 3.63) is 18.6 Å². The second-order valence-electron chi connectivity index (χ2n) is 4.69. The van der Waals surface area contributed by atoms with Crippen molar-refractivity contribution in [3.8, 4) is 0 Å². The summed E-state index contributed by atoms with van der Waals surface area (Å²) in [6.07, 6.45) is 3.19. The highest BCUT2D eigenvalue weighted by atomic mass is 32.2. The fraction of sp³-hybridized carbons (Fsp3) is 0.615. The number of hydrogen-bond donors (Lipinski definition) is 1. The highest BCUT2D eigenvalue weighted by Crippen LogP contribution is 2.22. The molecule has 0 radical (unpaired) electrons. The van der Waals surface area contributed by atoms with Gasteiger partial charge < -0.3 is 4.74 Å². The van der Waals surface area contributed by atoms with Crippen LogP contribution in [0, 0.1) is 0 Å². The van der Waals surface area contributed by atoms with Gasteiger partial charge in [-0.05, 0) is 33.8 Å². The van der Waals surface area contributed by atoms with Crippen molar-refractivity contribution in [1.29, 1.82) is 0 Å². The van der Waals surface area contributed by atoms with E-state index in [0.717, 1.165) is 5.03 Å². The molecule has 0 aliphatic rings. The van der Waals surface area contributed by atoms with Gasteiger partial charge in [0.1, 0.15) is 11.9 Å². The van der Waals surface area contributed by atoms with Crippen molar-refractivity contribution in [2.45, 2.75) is 44.3 Å². The summed E-state index contributed by atoms with van der Waals surface area (Å²) in [4.78, 5) is 20.1. The van der Waals surface area contributed by atoms with Crippen LogP contribution in [0.2, 0.25) is 0 Å². The van der Waals surface area contributed by atoms with Gasteiger partial charge in [-0.3, -0.25) is 10.1 Å². The van der Waals surface area contributed by atoms with Crippen LogP contribution in [0.4, 0.5) is 0 Å². The quantitative estimate of drug-likeness (QED) is 0.468. The molecule has 0 aliphatic carbocycles. The molecule has 19 heavy (non-hydrogen) atoms. The van der Waals surface area contributed by atoms with Crippen molar-refractivity contribution in [1.82, 2.24) is 15.3 Å². The number of nitrogens with zero attached hydrogens (tertiary/aromatic N) is 2. The number of carbonyl (C=O) groups excluding carboxylic acids is 1. The molecular weight excluding hydrogens is 262 g/mol. The summed E-state index contributed by atoms with van der Waals surface area (Å²) in [6, 6.07) is 2.02. The largest absolute Gasteiger partial charge is 0.465 e. The van der Waals surface area contributed by atoms with E-state index in [2.05, 4.69) is 15.3 Å². The highest BCUT2D eigenvalue weighted by molar-refractivity contribution is 7.99. The summed E-state index contributed by atoms with van der Waals surface area (Å²) >= 11 is 1.51. The lowest BCUT2D eigenvalue weighted by Crippen LogP contribution is -2.55. The molecule has 106 valence electrons. The van der Waals surface area contributed by atoms with E-state index in [1.807, 2.05) is 33.8 Å². The average molecular weight is 283 g/mol. The number of hydrogen-bond acceptors (Lipinski definition) is 6. The minimum atomic E-state index is -0.722. The van der Waals surface area contributed by atoms with Crippen LogP contribution in [-0.4, -0.2) is 39.9 Å². The van der Waals surface area contributed by atoms with E-state index in [0.29, 0.717) is 12.4 Å². The van der Waals surface area contributed by atoms with E-state index in [9.17, 15) is 4.79 Å². The molecule has 1 atom stereocenters. The van der Waals surface area contributed by atoms with E-state index in [-0.39, 0.29) is 12.0 Å². The summed E-state index contributed by atoms with van der Waals surface area (Å²) in [5.74, 6) is 0.325. The molecule has 1 N–H and O–H groups in total. The number of nitrogens with one attached hydrogen (secondary N) is 1. The molecule has 1 heterocycles. The number of rotatable bonds is 7. The van der Waals surface area contributed by atoms with Gasteiger partial charge in [-0.15, -0.1) is 11.8 Å². The molecule has 1 rings (SSSR count). The van der Waals surface area contributed by atoms with Crippen molar-refractivity contribution in [3.63, 3.8) is 0 Å². The summed E-state index contributed by atoms with van der Waals surface area (Å²) in [7, 11) is 0. The van der Waals surface area contributed by atoms with Crippen LogP contribution < -0.4 is 5.32 Å². The van der Waals surface area contributed by atoms with Crippen LogP contribution in [0.5, 0.6) is 0 Å². The smallest absolute Gasteiger partial charge is 0.326 e. The number of aromatic nitrogens is 2. The second kappa shape index (κ2) is 7.45.